The fourth-order valence-electron chi connectivity index (χ4n) is 2.22. The lowest BCUT2D eigenvalue weighted by Crippen LogP contribution is -2.10. The van der Waals surface area contributed by atoms with E-state index in [1.54, 1.807) is 12.3 Å². The molecule has 0 fully saturated rings. The van der Waals surface area contributed by atoms with Crippen molar-refractivity contribution in [2.45, 2.75) is 6.92 Å². The highest BCUT2D eigenvalue weighted by atomic mass is 32.2. The van der Waals surface area contributed by atoms with Crippen molar-refractivity contribution in [3.05, 3.63) is 76.2 Å². The zero-order chi connectivity index (χ0) is 17.8. The Hall–Kier alpha value is -2.86. The number of pyridine rings is 1. The maximum Gasteiger partial charge on any atom is 0.344 e. The van der Waals surface area contributed by atoms with E-state index in [0.717, 1.165) is 5.56 Å². The van der Waals surface area contributed by atoms with Crippen LogP contribution in [-0.2, 0) is 9.53 Å². The third-order valence-electron chi connectivity index (χ3n) is 3.51. The molecule has 0 atom stereocenters. The predicted molar refractivity (Wildman–Crippen MR) is 99.7 cm³/mol. The summed E-state index contributed by atoms with van der Waals surface area (Å²) in [5, 5.41) is 10.9. The van der Waals surface area contributed by atoms with Gasteiger partial charge in [-0.2, -0.15) is 0 Å². The smallest absolute Gasteiger partial charge is 0.344 e. The number of thioether (sulfide) groups is 1. The van der Waals surface area contributed by atoms with Crippen molar-refractivity contribution in [3.8, 4) is 0 Å². The van der Waals surface area contributed by atoms with Gasteiger partial charge in [0.2, 0.25) is 0 Å². The van der Waals surface area contributed by atoms with Gasteiger partial charge >= 0.3 is 5.97 Å². The molecular weight excluding hydrogens is 336 g/mol. The molecule has 2 heterocycles. The third kappa shape index (κ3) is 3.80. The molecule has 2 aromatic rings. The van der Waals surface area contributed by atoms with Crippen LogP contribution in [0.3, 0.4) is 0 Å². The van der Waals surface area contributed by atoms with Gasteiger partial charge in [-0.3, -0.25) is 4.98 Å². The lowest BCUT2D eigenvalue weighted by atomic mass is 10.2. The summed E-state index contributed by atoms with van der Waals surface area (Å²) < 4.78 is 4.80. The average Bonchev–Trinajstić information content (AvgIpc) is 2.92. The number of hydrogen-bond donors (Lipinski definition) is 1. The second-order valence-corrected chi connectivity index (χ2v) is 6.36. The van der Waals surface area contributed by atoms with Crippen LogP contribution < -0.4 is 0 Å². The summed E-state index contributed by atoms with van der Waals surface area (Å²) in [4.78, 5) is 21.3. The van der Waals surface area contributed by atoms with Crippen molar-refractivity contribution in [3.63, 3.8) is 0 Å². The van der Waals surface area contributed by atoms with E-state index >= 15 is 0 Å². The van der Waals surface area contributed by atoms with Gasteiger partial charge in [0.05, 0.1) is 23.4 Å². The van der Waals surface area contributed by atoms with Gasteiger partial charge in [0.1, 0.15) is 16.4 Å². The van der Waals surface area contributed by atoms with Gasteiger partial charge in [-0.25, -0.2) is 9.79 Å². The largest absolute Gasteiger partial charge is 0.506 e. The molecule has 0 bridgehead atoms. The summed E-state index contributed by atoms with van der Waals surface area (Å²) >= 11 is 1.21. The minimum atomic E-state index is -0.625. The van der Waals surface area contributed by atoms with Crippen LogP contribution in [0.2, 0.25) is 0 Å². The molecule has 0 radical (unpaired) electrons. The second kappa shape index (κ2) is 7.36. The highest BCUT2D eigenvalue weighted by Crippen LogP contribution is 2.39. The Bertz CT molecular complexity index is 885. The molecule has 0 unspecified atom stereocenters. The highest BCUT2D eigenvalue weighted by molar-refractivity contribution is 8.18. The molecule has 0 spiro atoms. The van der Waals surface area contributed by atoms with Crippen LogP contribution in [0.1, 0.15) is 11.3 Å². The number of aromatic nitrogens is 1. The van der Waals surface area contributed by atoms with E-state index in [-0.39, 0.29) is 11.3 Å². The highest BCUT2D eigenvalue weighted by Gasteiger charge is 2.33. The van der Waals surface area contributed by atoms with E-state index in [0.29, 0.717) is 21.3 Å². The number of ether oxygens (including phenoxy) is 1. The van der Waals surface area contributed by atoms with Gasteiger partial charge in [0.15, 0.2) is 0 Å². The molecule has 1 aliphatic rings. The number of methoxy groups -OCH3 is 1. The van der Waals surface area contributed by atoms with Crippen molar-refractivity contribution < 1.29 is 14.6 Å². The fraction of sp³-hybridized carbons (Fsp3) is 0.105. The average molecular weight is 352 g/mol. The Morgan fingerprint density at radius 3 is 2.64 bits per heavy atom. The number of esters is 1. The van der Waals surface area contributed by atoms with E-state index in [1.807, 2.05) is 49.4 Å². The molecule has 3 rings (SSSR count). The Kier molecular flexibility index (Phi) is 5.00. The first kappa shape index (κ1) is 17.0. The Labute approximate surface area is 149 Å². The first-order valence-electron chi connectivity index (χ1n) is 7.56. The number of aliphatic hydroxyl groups is 1. The molecule has 0 saturated heterocycles. The molecule has 126 valence electrons. The molecule has 1 aromatic carbocycles. The number of carbonyl (C=O) groups excluding carboxylic acids is 1. The van der Waals surface area contributed by atoms with E-state index in [9.17, 15) is 9.90 Å². The zero-order valence-corrected chi connectivity index (χ0v) is 14.6. The summed E-state index contributed by atoms with van der Waals surface area (Å²) in [7, 11) is 1.28. The number of aliphatic hydroxyl groups excluding tert-OH is 1. The zero-order valence-electron chi connectivity index (χ0n) is 13.8. The van der Waals surface area contributed by atoms with Crippen molar-refractivity contribution in [2.24, 2.45) is 4.99 Å². The van der Waals surface area contributed by atoms with Crippen LogP contribution >= 0.6 is 11.8 Å². The molecular formula is C19H16N2O3S. The Morgan fingerprint density at radius 1 is 1.24 bits per heavy atom. The quantitative estimate of drug-likeness (QED) is 0.839. The normalized spacial score (nSPS) is 17.4. The van der Waals surface area contributed by atoms with Crippen molar-refractivity contribution in [1.82, 2.24) is 4.98 Å². The molecule has 25 heavy (non-hydrogen) atoms. The van der Waals surface area contributed by atoms with E-state index in [4.69, 9.17) is 4.74 Å². The minimum absolute atomic E-state index is 0.0651. The molecule has 6 heteroatoms. The van der Waals surface area contributed by atoms with Crippen molar-refractivity contribution >= 4 is 34.5 Å². The van der Waals surface area contributed by atoms with Gasteiger partial charge in [0.25, 0.3) is 0 Å². The maximum absolute atomic E-state index is 12.1. The van der Waals surface area contributed by atoms with Gasteiger partial charge in [-0.1, -0.05) is 35.5 Å². The molecule has 5 nitrogen and oxygen atoms in total. The monoisotopic (exact) mass is 352 g/mol. The van der Waals surface area contributed by atoms with Crippen LogP contribution in [0.5, 0.6) is 0 Å². The van der Waals surface area contributed by atoms with Gasteiger partial charge in [-0.05, 0) is 37.3 Å². The number of rotatable bonds is 3. The van der Waals surface area contributed by atoms with Crippen LogP contribution in [0, 0.1) is 6.92 Å². The molecule has 0 aliphatic carbocycles. The number of aliphatic imine (C=N–C) groups is 1. The van der Waals surface area contributed by atoms with Crippen LogP contribution in [0.4, 0.5) is 5.69 Å². The lowest BCUT2D eigenvalue weighted by molar-refractivity contribution is -0.135. The lowest BCUT2D eigenvalue weighted by Gasteiger charge is -2.02. The summed E-state index contributed by atoms with van der Waals surface area (Å²) in [5.74, 6) is -0.770. The van der Waals surface area contributed by atoms with E-state index in [1.165, 1.54) is 18.9 Å². The topological polar surface area (TPSA) is 71.8 Å². The molecule has 0 saturated carbocycles. The summed E-state index contributed by atoms with van der Waals surface area (Å²) in [6, 6.07) is 13.1. The summed E-state index contributed by atoms with van der Waals surface area (Å²) in [6.07, 6.45) is 3.37. The summed E-state index contributed by atoms with van der Waals surface area (Å²) in [6.45, 7) is 1.99. The SMILES string of the molecule is COC(=O)C1=C(O)C(=Cc2ccccn2)SC1=Nc1ccc(C)cc1. The molecule has 0 amide bonds. The Morgan fingerprint density at radius 2 is 2.00 bits per heavy atom. The standard InChI is InChI=1S/C19H16N2O3S/c1-12-6-8-13(9-7-12)21-18-16(19(23)24-2)17(22)15(25-18)11-14-5-3-4-10-20-14/h3-11,22H,1-2H3. The number of benzene rings is 1. The second-order valence-electron chi connectivity index (χ2n) is 5.33. The predicted octanol–water partition coefficient (Wildman–Crippen LogP) is 4.19. The van der Waals surface area contributed by atoms with Gasteiger partial charge in [0, 0.05) is 6.20 Å². The molecule has 1 aliphatic heterocycles. The summed E-state index contributed by atoms with van der Waals surface area (Å²) in [5.41, 5.74) is 2.55. The van der Waals surface area contributed by atoms with Crippen molar-refractivity contribution in [1.29, 1.82) is 0 Å². The number of hydrogen-bond acceptors (Lipinski definition) is 6. The molecule has 1 N–H and O–H groups in total. The Balaban J connectivity index is 2.03. The van der Waals surface area contributed by atoms with E-state index < -0.39 is 5.97 Å². The van der Waals surface area contributed by atoms with Gasteiger partial charge in [-0.15, -0.1) is 0 Å². The van der Waals surface area contributed by atoms with Crippen molar-refractivity contribution in [2.75, 3.05) is 7.11 Å². The first-order valence-corrected chi connectivity index (χ1v) is 8.38. The number of aryl methyl sites for hydroxylation is 1. The van der Waals surface area contributed by atoms with Gasteiger partial charge < -0.3 is 9.84 Å². The van der Waals surface area contributed by atoms with Crippen LogP contribution in [-0.4, -0.2) is 28.2 Å². The number of nitrogens with zero attached hydrogens (tertiary/aromatic N) is 2. The number of carbonyl (C=O) groups is 1. The van der Waals surface area contributed by atoms with E-state index in [2.05, 4.69) is 9.98 Å². The minimum Gasteiger partial charge on any atom is -0.506 e. The fourth-order valence-corrected chi connectivity index (χ4v) is 3.24. The maximum atomic E-state index is 12.1. The van der Waals surface area contributed by atoms with Crippen LogP contribution in [0.25, 0.3) is 6.08 Å². The van der Waals surface area contributed by atoms with Crippen LogP contribution in [0.15, 0.2) is 69.9 Å². The first-order chi connectivity index (χ1) is 12.1. The third-order valence-corrected chi connectivity index (χ3v) is 4.53. The molecule has 1 aromatic heterocycles.